The fourth-order valence-electron chi connectivity index (χ4n) is 3.05. The van der Waals surface area contributed by atoms with Crippen LogP contribution in [-0.4, -0.2) is 29.7 Å². The third-order valence-electron chi connectivity index (χ3n) is 4.38. The van der Waals surface area contributed by atoms with Gasteiger partial charge in [0.25, 0.3) is 0 Å². The molecule has 0 saturated heterocycles. The van der Waals surface area contributed by atoms with Crippen LogP contribution in [-0.2, 0) is 20.7 Å². The summed E-state index contributed by atoms with van der Waals surface area (Å²) in [5.74, 6) is -1.65. The van der Waals surface area contributed by atoms with Crippen molar-refractivity contribution < 1.29 is 47.6 Å². The molecule has 1 unspecified atom stereocenters. The molecule has 5 nitrogen and oxygen atoms in total. The molecular weight excluding hydrogens is 389 g/mol. The van der Waals surface area contributed by atoms with Crippen LogP contribution in [0.4, 0.5) is 4.39 Å². The van der Waals surface area contributed by atoms with Crippen molar-refractivity contribution in [1.82, 2.24) is 0 Å². The number of hydrogen-bond donors (Lipinski definition) is 1. The molecule has 8 heteroatoms. The zero-order valence-electron chi connectivity index (χ0n) is 17.2. The number of carbonyl (C=O) groups excluding carboxylic acids is 1. The van der Waals surface area contributed by atoms with Crippen molar-refractivity contribution in [2.24, 2.45) is 0 Å². The number of aryl methyl sites for hydroxylation is 3. The maximum absolute atomic E-state index is 13.6. The Kier molecular flexibility index (Phi) is 10.2. The van der Waals surface area contributed by atoms with Gasteiger partial charge in [-0.25, -0.2) is 4.39 Å². The SMILES string of the molecule is Cc1cc(C)c(COC[P+](=O)C[C@@H](O)CC(=O)[O-])c(-c2ccc(F)c(C)c2)c1.[Li+]. The number of aliphatic hydroxyl groups is 1. The van der Waals surface area contributed by atoms with E-state index >= 15 is 0 Å². The molecule has 2 rings (SSSR count). The van der Waals surface area contributed by atoms with Crippen molar-refractivity contribution in [2.75, 3.05) is 12.5 Å². The van der Waals surface area contributed by atoms with Gasteiger partial charge in [-0.3, -0.25) is 0 Å². The van der Waals surface area contributed by atoms with Crippen LogP contribution in [0.2, 0.25) is 0 Å². The number of benzene rings is 2. The Balaban J connectivity index is 0.00000420. The van der Waals surface area contributed by atoms with Crippen LogP contribution in [0.25, 0.3) is 11.1 Å². The monoisotopic (exact) mass is 413 g/mol. The van der Waals surface area contributed by atoms with E-state index in [4.69, 9.17) is 4.74 Å². The Hall–Kier alpha value is -1.54. The van der Waals surface area contributed by atoms with E-state index in [1.807, 2.05) is 26.0 Å². The van der Waals surface area contributed by atoms with E-state index in [9.17, 15) is 24.0 Å². The van der Waals surface area contributed by atoms with Gasteiger partial charge in [0.1, 0.15) is 11.9 Å². The number of aliphatic hydroxyl groups excluding tert-OH is 1. The molecule has 2 atom stereocenters. The summed E-state index contributed by atoms with van der Waals surface area (Å²) in [6.45, 7) is 5.85. The largest absolute Gasteiger partial charge is 1.00 e. The predicted octanol–water partition coefficient (Wildman–Crippen LogP) is 0.224. The third-order valence-corrected chi connectivity index (χ3v) is 5.68. The first-order valence-electron chi connectivity index (χ1n) is 8.91. The molecule has 29 heavy (non-hydrogen) atoms. The molecule has 0 bridgehead atoms. The number of aliphatic carboxylic acids is 1. The Labute approximate surface area is 183 Å². The zero-order chi connectivity index (χ0) is 20.8. The molecule has 1 N–H and O–H groups in total. The minimum Gasteiger partial charge on any atom is -0.550 e. The van der Waals surface area contributed by atoms with E-state index in [-0.39, 0.29) is 43.8 Å². The number of carboxylic acids is 1. The molecule has 0 spiro atoms. The standard InChI is InChI=1S/C21H24FO5P.Li/c1-13-6-14(2)19(10-27-12-28(26)11-17(23)9-21(24)25)18(7-13)16-4-5-20(22)15(3)8-16;/h4-8,17,23H,9-12H2,1-3H3;/q;+1/t17-;/m0./s1. The fourth-order valence-corrected chi connectivity index (χ4v) is 4.05. The summed E-state index contributed by atoms with van der Waals surface area (Å²) in [4.78, 5) is 10.5. The number of carboxylic acid groups (broad SMARTS) is 1. The van der Waals surface area contributed by atoms with Gasteiger partial charge in [-0.2, -0.15) is 0 Å². The summed E-state index contributed by atoms with van der Waals surface area (Å²) in [5, 5.41) is 20.0. The zero-order valence-corrected chi connectivity index (χ0v) is 18.1. The van der Waals surface area contributed by atoms with Crippen molar-refractivity contribution in [3.8, 4) is 11.1 Å². The summed E-state index contributed by atoms with van der Waals surface area (Å²) in [5.41, 5.74) is 5.33. The topological polar surface area (TPSA) is 86.7 Å². The molecular formula is C21H24FLiO5P+. The van der Waals surface area contributed by atoms with Gasteiger partial charge in [0.2, 0.25) is 6.35 Å². The van der Waals surface area contributed by atoms with Crippen LogP contribution in [0.3, 0.4) is 0 Å². The van der Waals surface area contributed by atoms with Crippen molar-refractivity contribution in [3.05, 3.63) is 58.4 Å². The fraction of sp³-hybridized carbons (Fsp3) is 0.381. The van der Waals surface area contributed by atoms with Crippen LogP contribution in [0, 0.1) is 26.6 Å². The number of carbonyl (C=O) groups is 1. The summed E-state index contributed by atoms with van der Waals surface area (Å²) in [6, 6.07) is 8.95. The van der Waals surface area contributed by atoms with Crippen LogP contribution < -0.4 is 24.0 Å². The first kappa shape index (κ1) is 25.5. The van der Waals surface area contributed by atoms with Crippen molar-refractivity contribution in [2.45, 2.75) is 39.9 Å². The minimum atomic E-state index is -1.90. The molecule has 0 fully saturated rings. The molecule has 2 aromatic carbocycles. The molecule has 2 aromatic rings. The average Bonchev–Trinajstić information content (AvgIpc) is 2.58. The molecule has 0 heterocycles. The van der Waals surface area contributed by atoms with E-state index in [0.29, 0.717) is 5.56 Å². The van der Waals surface area contributed by atoms with Gasteiger partial charge in [0, 0.05) is 12.4 Å². The molecule has 0 aromatic heterocycles. The number of rotatable bonds is 9. The maximum atomic E-state index is 13.6. The first-order chi connectivity index (χ1) is 13.2. The van der Waals surface area contributed by atoms with Gasteiger partial charge in [-0.15, -0.1) is 0 Å². The molecule has 0 aliphatic carbocycles. The van der Waals surface area contributed by atoms with Gasteiger partial charge in [0.05, 0.1) is 6.61 Å². The van der Waals surface area contributed by atoms with Gasteiger partial charge in [-0.05, 0) is 60.7 Å². The Morgan fingerprint density at radius 3 is 2.52 bits per heavy atom. The average molecular weight is 413 g/mol. The molecule has 150 valence electrons. The smallest absolute Gasteiger partial charge is 0.550 e. The summed E-state index contributed by atoms with van der Waals surface area (Å²) in [6.07, 6.45) is -2.00. The van der Waals surface area contributed by atoms with E-state index in [2.05, 4.69) is 0 Å². The Bertz CT molecular complexity index is 888. The quantitative estimate of drug-likeness (QED) is 0.470. The molecule has 0 aliphatic heterocycles. The van der Waals surface area contributed by atoms with Crippen molar-refractivity contribution >= 4 is 13.8 Å². The van der Waals surface area contributed by atoms with Crippen LogP contribution in [0.5, 0.6) is 0 Å². The van der Waals surface area contributed by atoms with Gasteiger partial charge < -0.3 is 19.7 Å². The predicted molar refractivity (Wildman–Crippen MR) is 104 cm³/mol. The number of hydrogen-bond acceptors (Lipinski definition) is 5. The van der Waals surface area contributed by atoms with Crippen LogP contribution in [0.1, 0.15) is 28.7 Å². The first-order valence-corrected chi connectivity index (χ1v) is 10.5. The van der Waals surface area contributed by atoms with Crippen molar-refractivity contribution in [1.29, 1.82) is 0 Å². The second kappa shape index (κ2) is 11.6. The van der Waals surface area contributed by atoms with Gasteiger partial charge in [-0.1, -0.05) is 28.3 Å². The second-order valence-electron chi connectivity index (χ2n) is 6.94. The van der Waals surface area contributed by atoms with E-state index in [1.54, 1.807) is 19.1 Å². The Morgan fingerprint density at radius 2 is 1.90 bits per heavy atom. The van der Waals surface area contributed by atoms with E-state index in [0.717, 1.165) is 27.8 Å². The minimum absolute atomic E-state index is 0. The second-order valence-corrected chi connectivity index (χ2v) is 8.53. The van der Waals surface area contributed by atoms with Crippen LogP contribution in [0.15, 0.2) is 30.3 Å². The molecule has 0 amide bonds. The number of ether oxygens (including phenoxy) is 1. The summed E-state index contributed by atoms with van der Waals surface area (Å²) < 4.78 is 31.2. The number of halogens is 1. The normalized spacial score (nSPS) is 12.2. The van der Waals surface area contributed by atoms with E-state index in [1.165, 1.54) is 6.07 Å². The summed E-state index contributed by atoms with van der Waals surface area (Å²) in [7, 11) is -1.90. The third kappa shape index (κ3) is 7.66. The van der Waals surface area contributed by atoms with Crippen LogP contribution >= 0.6 is 7.80 Å². The van der Waals surface area contributed by atoms with Gasteiger partial charge in [0.15, 0.2) is 6.16 Å². The summed E-state index contributed by atoms with van der Waals surface area (Å²) >= 11 is 0. The van der Waals surface area contributed by atoms with Gasteiger partial charge >= 0.3 is 26.7 Å². The molecule has 0 saturated carbocycles. The Morgan fingerprint density at radius 1 is 1.21 bits per heavy atom. The maximum Gasteiger partial charge on any atom is 1.00 e. The molecule has 0 radical (unpaired) electrons. The van der Waals surface area contributed by atoms with Crippen molar-refractivity contribution in [3.63, 3.8) is 0 Å². The van der Waals surface area contributed by atoms with E-state index < -0.39 is 26.3 Å². The molecule has 0 aliphatic rings.